The monoisotopic (exact) mass is 313 g/mol. The molecule has 0 fully saturated rings. The van der Waals surface area contributed by atoms with Crippen LogP contribution in [0.2, 0.25) is 10.0 Å². The smallest absolute Gasteiger partial charge is 0.147 e. The zero-order valence-electron chi connectivity index (χ0n) is 10.9. The summed E-state index contributed by atoms with van der Waals surface area (Å²) in [6.07, 6.45) is 0.746. The first kappa shape index (κ1) is 14.9. The van der Waals surface area contributed by atoms with Crippen LogP contribution in [0.25, 0.3) is 0 Å². The van der Waals surface area contributed by atoms with Gasteiger partial charge in [0.1, 0.15) is 17.5 Å². The zero-order valence-corrected chi connectivity index (χ0v) is 12.4. The molecule has 0 aliphatic rings. The van der Waals surface area contributed by atoms with Crippen molar-refractivity contribution in [1.29, 1.82) is 0 Å². The summed E-state index contributed by atoms with van der Waals surface area (Å²) in [5, 5.41) is 6.98. The van der Waals surface area contributed by atoms with Crippen molar-refractivity contribution in [3.63, 3.8) is 0 Å². The summed E-state index contributed by atoms with van der Waals surface area (Å²) < 4.78 is 12.8. The van der Waals surface area contributed by atoms with Crippen LogP contribution in [0.5, 0.6) is 0 Å². The third-order valence-electron chi connectivity index (χ3n) is 2.79. The van der Waals surface area contributed by atoms with Crippen LogP contribution in [0.4, 0.5) is 16.0 Å². The van der Waals surface area contributed by atoms with Gasteiger partial charge in [0.25, 0.3) is 0 Å². The average molecular weight is 314 g/mol. The van der Waals surface area contributed by atoms with E-state index in [4.69, 9.17) is 23.2 Å². The Labute approximate surface area is 127 Å². The van der Waals surface area contributed by atoms with Crippen LogP contribution in [-0.4, -0.2) is 18.6 Å². The summed E-state index contributed by atoms with van der Waals surface area (Å²) in [4.78, 5) is 4.29. The van der Waals surface area contributed by atoms with Gasteiger partial charge in [-0.1, -0.05) is 35.3 Å². The zero-order chi connectivity index (χ0) is 14.5. The average Bonchev–Trinajstić information content (AvgIpc) is 2.43. The van der Waals surface area contributed by atoms with E-state index in [-0.39, 0.29) is 5.82 Å². The van der Waals surface area contributed by atoms with Crippen LogP contribution < -0.4 is 10.6 Å². The lowest BCUT2D eigenvalue weighted by atomic mass is 10.1. The van der Waals surface area contributed by atoms with E-state index >= 15 is 0 Å². The highest BCUT2D eigenvalue weighted by Gasteiger charge is 2.07. The molecule has 0 radical (unpaired) electrons. The minimum atomic E-state index is -0.234. The Hall–Kier alpha value is -1.52. The largest absolute Gasteiger partial charge is 0.372 e. The second-order valence-electron chi connectivity index (χ2n) is 4.20. The van der Waals surface area contributed by atoms with Crippen LogP contribution in [0.3, 0.4) is 0 Å². The number of pyridine rings is 1. The van der Waals surface area contributed by atoms with Crippen molar-refractivity contribution in [2.75, 3.05) is 24.2 Å². The number of rotatable bonds is 5. The Bertz CT molecular complexity index is 588. The molecule has 0 aliphatic heterocycles. The van der Waals surface area contributed by atoms with E-state index in [0.717, 1.165) is 12.0 Å². The number of anilines is 2. The van der Waals surface area contributed by atoms with Crippen LogP contribution in [0.1, 0.15) is 5.56 Å². The molecule has 0 amide bonds. The van der Waals surface area contributed by atoms with Crippen LogP contribution >= 0.6 is 23.2 Å². The number of hydrogen-bond donors (Lipinski definition) is 2. The maximum atomic E-state index is 12.8. The summed E-state index contributed by atoms with van der Waals surface area (Å²) in [5.41, 5.74) is 1.04. The van der Waals surface area contributed by atoms with Gasteiger partial charge in [0.15, 0.2) is 0 Å². The SMILES string of the molecule is CNc1nc(NCCc2ccc(F)cc2)c(Cl)cc1Cl. The van der Waals surface area contributed by atoms with E-state index in [1.165, 1.54) is 12.1 Å². The van der Waals surface area contributed by atoms with Gasteiger partial charge in [0.05, 0.1) is 10.0 Å². The summed E-state index contributed by atoms with van der Waals surface area (Å²) in [5.74, 6) is 0.908. The summed E-state index contributed by atoms with van der Waals surface area (Å²) >= 11 is 12.0. The Kier molecular flexibility index (Phi) is 5.04. The predicted octanol–water partition coefficient (Wildman–Crippen LogP) is 4.22. The third-order valence-corrected chi connectivity index (χ3v) is 3.36. The van der Waals surface area contributed by atoms with Gasteiger partial charge in [-0.3, -0.25) is 0 Å². The van der Waals surface area contributed by atoms with Gasteiger partial charge in [-0.15, -0.1) is 0 Å². The normalized spacial score (nSPS) is 10.4. The Balaban J connectivity index is 1.98. The van der Waals surface area contributed by atoms with Crippen molar-refractivity contribution in [3.05, 3.63) is 51.8 Å². The minimum absolute atomic E-state index is 0.234. The van der Waals surface area contributed by atoms with Crippen LogP contribution in [0, 0.1) is 5.82 Å². The van der Waals surface area contributed by atoms with Crippen molar-refractivity contribution in [3.8, 4) is 0 Å². The molecule has 1 aromatic heterocycles. The van der Waals surface area contributed by atoms with E-state index in [2.05, 4.69) is 15.6 Å². The Morgan fingerprint density at radius 3 is 2.40 bits per heavy atom. The molecule has 3 nitrogen and oxygen atoms in total. The van der Waals surface area contributed by atoms with E-state index < -0.39 is 0 Å². The van der Waals surface area contributed by atoms with Crippen LogP contribution in [-0.2, 0) is 6.42 Å². The second-order valence-corrected chi connectivity index (χ2v) is 5.02. The lowest BCUT2D eigenvalue weighted by molar-refractivity contribution is 0.627. The predicted molar refractivity (Wildman–Crippen MR) is 82.4 cm³/mol. The molecule has 2 rings (SSSR count). The van der Waals surface area contributed by atoms with E-state index in [0.29, 0.717) is 28.2 Å². The fourth-order valence-corrected chi connectivity index (χ4v) is 2.26. The molecule has 0 saturated carbocycles. The van der Waals surface area contributed by atoms with Crippen molar-refractivity contribution < 1.29 is 4.39 Å². The minimum Gasteiger partial charge on any atom is -0.372 e. The van der Waals surface area contributed by atoms with E-state index in [9.17, 15) is 4.39 Å². The van der Waals surface area contributed by atoms with Gasteiger partial charge in [0, 0.05) is 13.6 Å². The maximum Gasteiger partial charge on any atom is 0.147 e. The molecular formula is C14H14Cl2FN3. The lowest BCUT2D eigenvalue weighted by Crippen LogP contribution is -2.08. The molecule has 0 spiro atoms. The number of hydrogen-bond acceptors (Lipinski definition) is 3. The van der Waals surface area contributed by atoms with E-state index in [1.807, 2.05) is 0 Å². The molecule has 6 heteroatoms. The van der Waals surface area contributed by atoms with Crippen molar-refractivity contribution in [2.45, 2.75) is 6.42 Å². The van der Waals surface area contributed by atoms with Crippen molar-refractivity contribution >= 4 is 34.8 Å². The highest BCUT2D eigenvalue weighted by molar-refractivity contribution is 6.37. The quantitative estimate of drug-likeness (QED) is 0.867. The number of nitrogens with one attached hydrogen (secondary N) is 2. The van der Waals surface area contributed by atoms with Gasteiger partial charge in [-0.25, -0.2) is 9.37 Å². The summed E-state index contributed by atoms with van der Waals surface area (Å²) in [6.45, 7) is 0.642. The summed E-state index contributed by atoms with van der Waals surface area (Å²) in [6, 6.07) is 8.05. The Morgan fingerprint density at radius 1 is 1.10 bits per heavy atom. The molecule has 1 aromatic carbocycles. The first-order chi connectivity index (χ1) is 9.60. The summed E-state index contributed by atoms with van der Waals surface area (Å²) in [7, 11) is 1.74. The van der Waals surface area contributed by atoms with Gasteiger partial charge in [-0.2, -0.15) is 0 Å². The number of nitrogens with zero attached hydrogens (tertiary/aromatic N) is 1. The molecule has 0 bridgehead atoms. The number of aromatic nitrogens is 1. The van der Waals surface area contributed by atoms with Gasteiger partial charge < -0.3 is 10.6 Å². The molecule has 0 saturated heterocycles. The van der Waals surface area contributed by atoms with Crippen molar-refractivity contribution in [2.24, 2.45) is 0 Å². The second kappa shape index (κ2) is 6.77. The molecule has 2 N–H and O–H groups in total. The lowest BCUT2D eigenvalue weighted by Gasteiger charge is -2.10. The molecule has 106 valence electrons. The topological polar surface area (TPSA) is 37.0 Å². The molecule has 0 atom stereocenters. The molecule has 0 unspecified atom stereocenters. The number of halogens is 3. The highest BCUT2D eigenvalue weighted by Crippen LogP contribution is 2.28. The first-order valence-corrected chi connectivity index (χ1v) is 6.88. The standard InChI is InChI=1S/C14H14Cl2FN3/c1-18-13-11(15)8-12(16)14(20-13)19-7-6-9-2-4-10(17)5-3-9/h2-5,8H,6-7H2,1H3,(H2,18,19,20). The highest BCUT2D eigenvalue weighted by atomic mass is 35.5. The third kappa shape index (κ3) is 3.74. The Morgan fingerprint density at radius 2 is 1.75 bits per heavy atom. The van der Waals surface area contributed by atoms with Gasteiger partial charge in [-0.05, 0) is 30.2 Å². The van der Waals surface area contributed by atoms with Gasteiger partial charge >= 0.3 is 0 Å². The molecule has 2 aromatic rings. The molecular weight excluding hydrogens is 300 g/mol. The first-order valence-electron chi connectivity index (χ1n) is 6.12. The van der Waals surface area contributed by atoms with Crippen LogP contribution in [0.15, 0.2) is 30.3 Å². The molecule has 1 heterocycles. The van der Waals surface area contributed by atoms with Crippen molar-refractivity contribution in [1.82, 2.24) is 4.98 Å². The van der Waals surface area contributed by atoms with E-state index in [1.54, 1.807) is 25.2 Å². The van der Waals surface area contributed by atoms with Gasteiger partial charge in [0.2, 0.25) is 0 Å². The number of benzene rings is 1. The fourth-order valence-electron chi connectivity index (χ4n) is 1.74. The molecule has 0 aliphatic carbocycles. The molecule has 20 heavy (non-hydrogen) atoms. The fraction of sp³-hybridized carbons (Fsp3) is 0.214. The maximum absolute atomic E-state index is 12.8.